The van der Waals surface area contributed by atoms with Crippen molar-refractivity contribution in [3.63, 3.8) is 0 Å². The number of ether oxygens (including phenoxy) is 1. The zero-order chi connectivity index (χ0) is 14.4. The molecule has 0 aliphatic carbocycles. The van der Waals surface area contributed by atoms with Gasteiger partial charge in [0, 0.05) is 25.4 Å². The maximum absolute atomic E-state index is 11.9. The zero-order valence-electron chi connectivity index (χ0n) is 11.1. The minimum absolute atomic E-state index is 0.264. The molecule has 0 radical (unpaired) electrons. The van der Waals surface area contributed by atoms with Gasteiger partial charge in [-0.3, -0.25) is 9.48 Å². The Morgan fingerprint density at radius 1 is 1.50 bits per heavy atom. The van der Waals surface area contributed by atoms with Crippen LogP contribution in [0, 0.1) is 0 Å². The molecule has 3 N–H and O–H groups in total. The number of rotatable bonds is 6. The van der Waals surface area contributed by atoms with Crippen molar-refractivity contribution in [2.24, 2.45) is 5.73 Å². The maximum Gasteiger partial charge on any atom is 0.273 e. The van der Waals surface area contributed by atoms with Gasteiger partial charge >= 0.3 is 0 Å². The van der Waals surface area contributed by atoms with E-state index in [1.54, 1.807) is 25.6 Å². The van der Waals surface area contributed by atoms with Gasteiger partial charge in [0.25, 0.3) is 5.91 Å². The Kier molecular flexibility index (Phi) is 4.61. The SMILES string of the molecule is COc1ccc(CNC(=O)c2cn(CCN)nn2)cn1. The molecule has 20 heavy (non-hydrogen) atoms. The number of hydrogen-bond acceptors (Lipinski definition) is 6. The van der Waals surface area contributed by atoms with E-state index in [4.69, 9.17) is 10.5 Å². The van der Waals surface area contributed by atoms with Crippen LogP contribution in [0.25, 0.3) is 0 Å². The molecule has 2 aromatic heterocycles. The molecule has 2 heterocycles. The highest BCUT2D eigenvalue weighted by molar-refractivity contribution is 5.91. The van der Waals surface area contributed by atoms with Crippen molar-refractivity contribution in [3.05, 3.63) is 35.8 Å². The summed E-state index contributed by atoms with van der Waals surface area (Å²) in [6, 6.07) is 3.57. The molecule has 1 amide bonds. The first-order valence-electron chi connectivity index (χ1n) is 6.10. The van der Waals surface area contributed by atoms with Crippen LogP contribution in [0.15, 0.2) is 24.5 Å². The molecule has 0 aliphatic rings. The smallest absolute Gasteiger partial charge is 0.273 e. The minimum Gasteiger partial charge on any atom is -0.481 e. The van der Waals surface area contributed by atoms with Crippen LogP contribution in [0.3, 0.4) is 0 Å². The molecule has 8 heteroatoms. The van der Waals surface area contributed by atoms with Gasteiger partial charge in [-0.25, -0.2) is 4.98 Å². The van der Waals surface area contributed by atoms with Gasteiger partial charge in [0.05, 0.1) is 19.9 Å². The Bertz CT molecular complexity index is 566. The van der Waals surface area contributed by atoms with Crippen molar-refractivity contribution in [2.45, 2.75) is 13.1 Å². The highest BCUT2D eigenvalue weighted by atomic mass is 16.5. The molecule has 106 valence electrons. The summed E-state index contributed by atoms with van der Waals surface area (Å²) in [5, 5.41) is 10.3. The standard InChI is InChI=1S/C12H16N6O2/c1-20-11-3-2-9(6-14-11)7-15-12(19)10-8-18(5-4-13)17-16-10/h2-3,6,8H,4-5,7,13H2,1H3,(H,15,19). The molecule has 0 aliphatic heterocycles. The van der Waals surface area contributed by atoms with E-state index >= 15 is 0 Å². The van der Waals surface area contributed by atoms with Gasteiger partial charge in [0.1, 0.15) is 0 Å². The van der Waals surface area contributed by atoms with Crippen molar-refractivity contribution in [1.82, 2.24) is 25.3 Å². The number of aromatic nitrogens is 4. The molecular formula is C12H16N6O2. The van der Waals surface area contributed by atoms with Crippen LogP contribution in [-0.2, 0) is 13.1 Å². The maximum atomic E-state index is 11.9. The van der Waals surface area contributed by atoms with Gasteiger partial charge < -0.3 is 15.8 Å². The van der Waals surface area contributed by atoms with Gasteiger partial charge in [0.15, 0.2) is 5.69 Å². The van der Waals surface area contributed by atoms with E-state index in [1.165, 1.54) is 4.68 Å². The Hall–Kier alpha value is -2.48. The Morgan fingerprint density at radius 2 is 2.35 bits per heavy atom. The van der Waals surface area contributed by atoms with Gasteiger partial charge in [0.2, 0.25) is 5.88 Å². The molecule has 0 saturated heterocycles. The third kappa shape index (κ3) is 3.51. The van der Waals surface area contributed by atoms with E-state index in [-0.39, 0.29) is 11.6 Å². The number of hydrogen-bond donors (Lipinski definition) is 2. The van der Waals surface area contributed by atoms with E-state index in [0.717, 1.165) is 5.56 Å². The lowest BCUT2D eigenvalue weighted by Crippen LogP contribution is -2.23. The molecule has 0 atom stereocenters. The second kappa shape index (κ2) is 6.62. The Morgan fingerprint density at radius 3 is 3.00 bits per heavy atom. The van der Waals surface area contributed by atoms with Crippen LogP contribution in [0.5, 0.6) is 5.88 Å². The molecule has 2 aromatic rings. The molecule has 0 aromatic carbocycles. The Balaban J connectivity index is 1.90. The average molecular weight is 276 g/mol. The summed E-state index contributed by atoms with van der Waals surface area (Å²) in [6.45, 7) is 1.34. The number of nitrogens with zero attached hydrogens (tertiary/aromatic N) is 4. The van der Waals surface area contributed by atoms with Crippen LogP contribution in [0.2, 0.25) is 0 Å². The molecule has 8 nitrogen and oxygen atoms in total. The summed E-state index contributed by atoms with van der Waals surface area (Å²) in [5.41, 5.74) is 6.53. The fourth-order valence-corrected chi connectivity index (χ4v) is 1.55. The number of carbonyl (C=O) groups excluding carboxylic acids is 1. The van der Waals surface area contributed by atoms with Crippen LogP contribution in [-0.4, -0.2) is 39.5 Å². The van der Waals surface area contributed by atoms with Gasteiger partial charge in [-0.15, -0.1) is 5.10 Å². The van der Waals surface area contributed by atoms with Gasteiger partial charge in [-0.2, -0.15) is 0 Å². The van der Waals surface area contributed by atoms with Crippen molar-refractivity contribution in [3.8, 4) is 5.88 Å². The second-order valence-electron chi connectivity index (χ2n) is 4.05. The molecule has 0 bridgehead atoms. The van der Waals surface area contributed by atoms with E-state index in [0.29, 0.717) is 25.5 Å². The number of carbonyl (C=O) groups is 1. The first-order chi connectivity index (χ1) is 9.72. The summed E-state index contributed by atoms with van der Waals surface area (Å²) in [5.74, 6) is 0.244. The zero-order valence-corrected chi connectivity index (χ0v) is 11.1. The number of amides is 1. The number of pyridine rings is 1. The quantitative estimate of drug-likeness (QED) is 0.741. The van der Waals surface area contributed by atoms with Crippen LogP contribution < -0.4 is 15.8 Å². The summed E-state index contributed by atoms with van der Waals surface area (Å²) >= 11 is 0. The first-order valence-corrected chi connectivity index (χ1v) is 6.10. The van der Waals surface area contributed by atoms with Crippen molar-refractivity contribution in [2.75, 3.05) is 13.7 Å². The van der Waals surface area contributed by atoms with E-state index < -0.39 is 0 Å². The molecule has 0 saturated carbocycles. The lowest BCUT2D eigenvalue weighted by atomic mass is 10.3. The monoisotopic (exact) mass is 276 g/mol. The van der Waals surface area contributed by atoms with E-state index in [2.05, 4.69) is 20.6 Å². The fourth-order valence-electron chi connectivity index (χ4n) is 1.55. The number of nitrogens with two attached hydrogens (primary N) is 1. The fraction of sp³-hybridized carbons (Fsp3) is 0.333. The van der Waals surface area contributed by atoms with Crippen molar-refractivity contribution in [1.29, 1.82) is 0 Å². The molecule has 0 unspecified atom stereocenters. The summed E-state index contributed by atoms with van der Waals surface area (Å²) in [4.78, 5) is 15.9. The third-order valence-electron chi connectivity index (χ3n) is 2.59. The lowest BCUT2D eigenvalue weighted by molar-refractivity contribution is 0.0946. The predicted octanol–water partition coefficient (Wildman–Crippen LogP) is -0.430. The third-order valence-corrected chi connectivity index (χ3v) is 2.59. The van der Waals surface area contributed by atoms with Crippen LogP contribution >= 0.6 is 0 Å². The highest BCUT2D eigenvalue weighted by Crippen LogP contribution is 2.06. The molecule has 0 spiro atoms. The predicted molar refractivity (Wildman–Crippen MR) is 71.0 cm³/mol. The van der Waals surface area contributed by atoms with E-state index in [9.17, 15) is 4.79 Å². The van der Waals surface area contributed by atoms with Crippen molar-refractivity contribution < 1.29 is 9.53 Å². The Labute approximate surface area is 115 Å². The minimum atomic E-state index is -0.288. The summed E-state index contributed by atoms with van der Waals surface area (Å²) < 4.78 is 6.49. The van der Waals surface area contributed by atoms with Crippen LogP contribution in [0.4, 0.5) is 0 Å². The highest BCUT2D eigenvalue weighted by Gasteiger charge is 2.10. The van der Waals surface area contributed by atoms with Crippen molar-refractivity contribution >= 4 is 5.91 Å². The van der Waals surface area contributed by atoms with Gasteiger partial charge in [-0.05, 0) is 5.56 Å². The second-order valence-corrected chi connectivity index (χ2v) is 4.05. The molecule has 0 fully saturated rings. The normalized spacial score (nSPS) is 10.3. The van der Waals surface area contributed by atoms with Crippen LogP contribution in [0.1, 0.15) is 16.1 Å². The first kappa shape index (κ1) is 13.9. The number of methoxy groups -OCH3 is 1. The number of nitrogens with one attached hydrogen (secondary N) is 1. The average Bonchev–Trinajstić information content (AvgIpc) is 2.94. The topological polar surface area (TPSA) is 108 Å². The molecular weight excluding hydrogens is 260 g/mol. The van der Waals surface area contributed by atoms with E-state index in [1.807, 2.05) is 6.07 Å². The summed E-state index contributed by atoms with van der Waals surface area (Å²) in [7, 11) is 1.55. The largest absolute Gasteiger partial charge is 0.481 e. The molecule has 2 rings (SSSR count). The van der Waals surface area contributed by atoms with Gasteiger partial charge in [-0.1, -0.05) is 11.3 Å². The summed E-state index contributed by atoms with van der Waals surface area (Å²) in [6.07, 6.45) is 3.21. The lowest BCUT2D eigenvalue weighted by Gasteiger charge is -2.03.